The van der Waals surface area contributed by atoms with Crippen LogP contribution in [0.1, 0.15) is 18.2 Å². The highest BCUT2D eigenvalue weighted by Crippen LogP contribution is 2.28. The molecule has 0 bridgehead atoms. The molecule has 78 valence electrons. The van der Waals surface area contributed by atoms with Crippen LogP contribution in [0.15, 0.2) is 16.8 Å². The van der Waals surface area contributed by atoms with Crippen LogP contribution in [0.2, 0.25) is 0 Å². The van der Waals surface area contributed by atoms with Crippen molar-refractivity contribution in [3.8, 4) is 11.3 Å². The molecule has 2 N–H and O–H groups in total. The fraction of sp³-hybridized carbons (Fsp3) is 0.364. The van der Waals surface area contributed by atoms with E-state index in [0.29, 0.717) is 6.04 Å². The first-order chi connectivity index (χ1) is 7.34. The average Bonchev–Trinajstić information content (AvgIpc) is 2.82. The summed E-state index contributed by atoms with van der Waals surface area (Å²) in [5.74, 6) is 0. The zero-order valence-corrected chi connectivity index (χ0v) is 9.40. The first kappa shape index (κ1) is 9.12. The topological polar surface area (TPSA) is 40.7 Å². The highest BCUT2D eigenvalue weighted by Gasteiger charge is 2.20. The van der Waals surface area contributed by atoms with E-state index in [4.69, 9.17) is 0 Å². The molecule has 3 nitrogen and oxygen atoms in total. The molecule has 1 aliphatic rings. The average molecular weight is 219 g/mol. The monoisotopic (exact) mass is 219 g/mol. The van der Waals surface area contributed by atoms with Gasteiger partial charge in [0.2, 0.25) is 0 Å². The molecule has 2 aromatic heterocycles. The Kier molecular flexibility index (Phi) is 2.11. The maximum absolute atomic E-state index is 4.42. The van der Waals surface area contributed by atoms with Gasteiger partial charge in [0, 0.05) is 41.2 Å². The van der Waals surface area contributed by atoms with Crippen LogP contribution >= 0.6 is 11.3 Å². The van der Waals surface area contributed by atoms with Crippen LogP contribution in [0.25, 0.3) is 11.3 Å². The first-order valence-corrected chi connectivity index (χ1v) is 6.11. The number of hydrogen-bond acceptors (Lipinski definition) is 3. The lowest BCUT2D eigenvalue weighted by molar-refractivity contribution is 0.509. The van der Waals surface area contributed by atoms with Crippen LogP contribution < -0.4 is 5.32 Å². The normalized spacial score (nSPS) is 20.2. The van der Waals surface area contributed by atoms with Gasteiger partial charge in [-0.3, -0.25) is 5.10 Å². The van der Waals surface area contributed by atoms with Crippen molar-refractivity contribution in [2.24, 2.45) is 0 Å². The van der Waals surface area contributed by atoms with E-state index in [-0.39, 0.29) is 0 Å². The number of nitrogens with one attached hydrogen (secondary N) is 2. The van der Waals surface area contributed by atoms with Crippen molar-refractivity contribution in [2.75, 3.05) is 0 Å². The molecule has 15 heavy (non-hydrogen) atoms. The van der Waals surface area contributed by atoms with Crippen molar-refractivity contribution in [2.45, 2.75) is 25.9 Å². The van der Waals surface area contributed by atoms with Gasteiger partial charge in [0.1, 0.15) is 0 Å². The highest BCUT2D eigenvalue weighted by atomic mass is 32.1. The number of fused-ring (bicyclic) bond motifs is 1. The van der Waals surface area contributed by atoms with Gasteiger partial charge in [-0.2, -0.15) is 16.4 Å². The Balaban J connectivity index is 2.05. The second-order valence-electron chi connectivity index (χ2n) is 4.03. The molecule has 0 spiro atoms. The van der Waals surface area contributed by atoms with E-state index in [9.17, 15) is 0 Å². The minimum atomic E-state index is 0.549. The van der Waals surface area contributed by atoms with E-state index in [2.05, 4.69) is 39.3 Å². The lowest BCUT2D eigenvalue weighted by Crippen LogP contribution is -2.32. The van der Waals surface area contributed by atoms with Crippen molar-refractivity contribution in [3.05, 3.63) is 28.1 Å². The summed E-state index contributed by atoms with van der Waals surface area (Å²) in [7, 11) is 0. The molecule has 0 amide bonds. The molecule has 0 unspecified atom stereocenters. The molecule has 3 heterocycles. The van der Waals surface area contributed by atoms with Gasteiger partial charge in [-0.25, -0.2) is 0 Å². The van der Waals surface area contributed by atoms with Crippen LogP contribution in [0.3, 0.4) is 0 Å². The van der Waals surface area contributed by atoms with Crippen molar-refractivity contribution < 1.29 is 0 Å². The Labute approximate surface area is 92.5 Å². The summed E-state index contributed by atoms with van der Waals surface area (Å²) in [6, 6.07) is 2.67. The van der Waals surface area contributed by atoms with E-state index in [0.717, 1.165) is 18.7 Å². The molecular formula is C11H13N3S. The van der Waals surface area contributed by atoms with Gasteiger partial charge in [0.25, 0.3) is 0 Å². The quantitative estimate of drug-likeness (QED) is 0.771. The molecule has 0 aliphatic carbocycles. The lowest BCUT2D eigenvalue weighted by atomic mass is 10.0. The summed E-state index contributed by atoms with van der Waals surface area (Å²) in [6.07, 6.45) is 1.05. The maximum Gasteiger partial charge on any atom is 0.0976 e. The Morgan fingerprint density at radius 3 is 3.27 bits per heavy atom. The second kappa shape index (κ2) is 3.47. The van der Waals surface area contributed by atoms with E-state index in [1.165, 1.54) is 16.8 Å². The minimum absolute atomic E-state index is 0.549. The van der Waals surface area contributed by atoms with Gasteiger partial charge in [-0.15, -0.1) is 0 Å². The van der Waals surface area contributed by atoms with Gasteiger partial charge >= 0.3 is 0 Å². The number of nitrogens with zero attached hydrogens (tertiary/aromatic N) is 1. The Bertz CT molecular complexity index is 458. The number of thiophene rings is 1. The Morgan fingerprint density at radius 2 is 2.47 bits per heavy atom. The third-order valence-electron chi connectivity index (χ3n) is 2.89. The van der Waals surface area contributed by atoms with E-state index < -0.39 is 0 Å². The molecular weight excluding hydrogens is 206 g/mol. The standard InChI is InChI=1S/C11H13N3S/c1-7-4-10-9(5-12-7)11(14-13-10)8-2-3-15-6-8/h2-3,6-7,12H,4-5H2,1H3,(H,13,14)/t7-/m0/s1. The van der Waals surface area contributed by atoms with E-state index >= 15 is 0 Å². The Morgan fingerprint density at radius 1 is 1.53 bits per heavy atom. The number of aromatic nitrogens is 2. The third kappa shape index (κ3) is 1.50. The molecule has 0 saturated heterocycles. The molecule has 0 radical (unpaired) electrons. The fourth-order valence-corrected chi connectivity index (χ4v) is 2.69. The van der Waals surface area contributed by atoms with Gasteiger partial charge in [-0.05, 0) is 18.4 Å². The summed E-state index contributed by atoms with van der Waals surface area (Å²) < 4.78 is 0. The van der Waals surface area contributed by atoms with Gasteiger partial charge in [-0.1, -0.05) is 0 Å². The van der Waals surface area contributed by atoms with Crippen LogP contribution in [0.4, 0.5) is 0 Å². The summed E-state index contributed by atoms with van der Waals surface area (Å²) in [6.45, 7) is 3.13. The van der Waals surface area contributed by atoms with Crippen molar-refractivity contribution in [1.82, 2.24) is 15.5 Å². The SMILES string of the molecule is C[C@H]1Cc2[nH]nc(-c3ccsc3)c2CN1. The minimum Gasteiger partial charge on any atom is -0.310 e. The number of hydrogen-bond donors (Lipinski definition) is 2. The fourth-order valence-electron chi connectivity index (χ4n) is 2.05. The molecule has 2 aromatic rings. The largest absolute Gasteiger partial charge is 0.310 e. The summed E-state index contributed by atoms with van der Waals surface area (Å²) in [4.78, 5) is 0. The first-order valence-electron chi connectivity index (χ1n) is 5.16. The zero-order chi connectivity index (χ0) is 10.3. The summed E-state index contributed by atoms with van der Waals surface area (Å²) in [5.41, 5.74) is 4.98. The Hall–Kier alpha value is -1.13. The van der Waals surface area contributed by atoms with Gasteiger partial charge < -0.3 is 5.32 Å². The summed E-state index contributed by atoms with van der Waals surface area (Å²) in [5, 5.41) is 15.3. The zero-order valence-electron chi connectivity index (χ0n) is 8.58. The lowest BCUT2D eigenvalue weighted by Gasteiger charge is -2.19. The molecule has 1 aliphatic heterocycles. The van der Waals surface area contributed by atoms with Crippen molar-refractivity contribution in [3.63, 3.8) is 0 Å². The predicted octanol–water partition coefficient (Wildman–Crippen LogP) is 2.17. The number of aromatic amines is 1. The molecule has 0 saturated carbocycles. The smallest absolute Gasteiger partial charge is 0.0976 e. The predicted molar refractivity (Wildman–Crippen MR) is 61.9 cm³/mol. The van der Waals surface area contributed by atoms with Crippen LogP contribution in [0, 0.1) is 0 Å². The number of rotatable bonds is 1. The van der Waals surface area contributed by atoms with E-state index in [1.54, 1.807) is 11.3 Å². The third-order valence-corrected chi connectivity index (χ3v) is 3.57. The number of H-pyrrole nitrogens is 1. The van der Waals surface area contributed by atoms with Crippen molar-refractivity contribution >= 4 is 11.3 Å². The molecule has 4 heteroatoms. The van der Waals surface area contributed by atoms with Crippen LogP contribution in [-0.4, -0.2) is 16.2 Å². The molecule has 0 fully saturated rings. The second-order valence-corrected chi connectivity index (χ2v) is 4.81. The summed E-state index contributed by atoms with van der Waals surface area (Å²) >= 11 is 1.71. The van der Waals surface area contributed by atoms with Gasteiger partial charge in [0.05, 0.1) is 5.69 Å². The maximum atomic E-state index is 4.42. The highest BCUT2D eigenvalue weighted by molar-refractivity contribution is 7.08. The van der Waals surface area contributed by atoms with Crippen LogP contribution in [-0.2, 0) is 13.0 Å². The van der Waals surface area contributed by atoms with Gasteiger partial charge in [0.15, 0.2) is 0 Å². The van der Waals surface area contributed by atoms with E-state index in [1.807, 2.05) is 0 Å². The van der Waals surface area contributed by atoms with Crippen LogP contribution in [0.5, 0.6) is 0 Å². The molecule has 1 atom stereocenters. The molecule has 3 rings (SSSR count). The molecule has 0 aromatic carbocycles. The van der Waals surface area contributed by atoms with Crippen molar-refractivity contribution in [1.29, 1.82) is 0 Å².